The molecule has 0 aliphatic rings. The van der Waals surface area contributed by atoms with Crippen molar-refractivity contribution in [2.24, 2.45) is 5.73 Å². The first kappa shape index (κ1) is 16.6. The Morgan fingerprint density at radius 2 is 1.70 bits per heavy atom. The molecule has 2 nitrogen and oxygen atoms in total. The molecule has 114 valence electrons. The zero-order valence-corrected chi connectivity index (χ0v) is 10.3. The zero-order valence-electron chi connectivity index (χ0n) is 10.3. The fourth-order valence-electron chi connectivity index (χ4n) is 1.57. The third kappa shape index (κ3) is 5.28. The third-order valence-electron chi connectivity index (χ3n) is 2.48. The molecule has 0 atom stereocenters. The number of alkyl halides is 6. The molecule has 0 saturated carbocycles. The largest absolute Gasteiger partial charge is 0.494 e. The summed E-state index contributed by atoms with van der Waals surface area (Å²) >= 11 is 0. The van der Waals surface area contributed by atoms with Gasteiger partial charge in [-0.2, -0.15) is 26.3 Å². The summed E-state index contributed by atoms with van der Waals surface area (Å²) in [6, 6.07) is 2.97. The van der Waals surface area contributed by atoms with Crippen LogP contribution in [0.1, 0.15) is 24.0 Å². The molecule has 0 aliphatic carbocycles. The molecule has 8 heteroatoms. The van der Waals surface area contributed by atoms with Crippen LogP contribution in [0, 0.1) is 0 Å². The Kier molecular flexibility index (Phi) is 5.27. The van der Waals surface area contributed by atoms with Gasteiger partial charge in [-0.25, -0.2) is 0 Å². The van der Waals surface area contributed by atoms with Crippen LogP contribution in [0.25, 0.3) is 0 Å². The Hall–Kier alpha value is -1.44. The molecular formula is C12H13F6NO. The van der Waals surface area contributed by atoms with Gasteiger partial charge in [-0.05, 0) is 30.2 Å². The van der Waals surface area contributed by atoms with E-state index in [1.54, 1.807) is 0 Å². The fraction of sp³-hybridized carbons (Fsp3) is 0.500. The highest BCUT2D eigenvalue weighted by atomic mass is 19.4. The Bertz CT molecular complexity index is 441. The van der Waals surface area contributed by atoms with Crippen LogP contribution in [0.2, 0.25) is 0 Å². The van der Waals surface area contributed by atoms with Crippen LogP contribution < -0.4 is 10.5 Å². The number of rotatable bonds is 5. The molecule has 0 heterocycles. The first-order valence-electron chi connectivity index (χ1n) is 5.73. The molecule has 0 bridgehead atoms. The summed E-state index contributed by atoms with van der Waals surface area (Å²) in [4.78, 5) is 0. The van der Waals surface area contributed by atoms with E-state index >= 15 is 0 Å². The molecule has 20 heavy (non-hydrogen) atoms. The molecule has 1 rings (SSSR count). The van der Waals surface area contributed by atoms with E-state index in [2.05, 4.69) is 0 Å². The molecule has 0 unspecified atom stereocenters. The van der Waals surface area contributed by atoms with Gasteiger partial charge >= 0.3 is 12.4 Å². The highest BCUT2D eigenvalue weighted by Crippen LogP contribution is 2.33. The van der Waals surface area contributed by atoms with Crippen molar-refractivity contribution in [2.45, 2.75) is 31.7 Å². The monoisotopic (exact) mass is 301 g/mol. The van der Waals surface area contributed by atoms with Gasteiger partial charge in [0.2, 0.25) is 0 Å². The predicted octanol–water partition coefficient (Wildman–Crippen LogP) is 3.89. The van der Waals surface area contributed by atoms with Crippen molar-refractivity contribution in [3.8, 4) is 5.75 Å². The molecule has 0 aliphatic heterocycles. The average molecular weight is 301 g/mol. The summed E-state index contributed by atoms with van der Waals surface area (Å²) in [5.74, 6) is 0.0700. The second-order valence-corrected chi connectivity index (χ2v) is 4.09. The summed E-state index contributed by atoms with van der Waals surface area (Å²) in [7, 11) is 0. The lowest BCUT2D eigenvalue weighted by atomic mass is 10.1. The average Bonchev–Trinajstić information content (AvgIpc) is 2.32. The van der Waals surface area contributed by atoms with Crippen molar-refractivity contribution in [1.82, 2.24) is 0 Å². The van der Waals surface area contributed by atoms with Crippen molar-refractivity contribution in [3.05, 3.63) is 29.3 Å². The highest BCUT2D eigenvalue weighted by molar-refractivity contribution is 5.37. The van der Waals surface area contributed by atoms with Crippen molar-refractivity contribution in [3.63, 3.8) is 0 Å². The maximum Gasteiger partial charge on any atom is 0.416 e. The Labute approximate surface area is 111 Å². The Balaban J connectivity index is 2.65. The van der Waals surface area contributed by atoms with Crippen LogP contribution in [-0.2, 0) is 12.7 Å². The van der Waals surface area contributed by atoms with Gasteiger partial charge in [-0.15, -0.1) is 0 Å². The van der Waals surface area contributed by atoms with Gasteiger partial charge in [0.05, 0.1) is 12.2 Å². The third-order valence-corrected chi connectivity index (χ3v) is 2.48. The van der Waals surface area contributed by atoms with Gasteiger partial charge < -0.3 is 10.5 Å². The minimum atomic E-state index is -4.52. The predicted molar refractivity (Wildman–Crippen MR) is 60.1 cm³/mol. The SMILES string of the molecule is NCc1cc(OCCCC(F)(F)F)ccc1C(F)(F)F. The quantitative estimate of drug-likeness (QED) is 0.661. The summed E-state index contributed by atoms with van der Waals surface area (Å²) in [5, 5.41) is 0. The molecule has 1 aromatic carbocycles. The lowest BCUT2D eigenvalue weighted by Gasteiger charge is -2.14. The van der Waals surface area contributed by atoms with E-state index in [0.717, 1.165) is 18.2 Å². The van der Waals surface area contributed by atoms with Gasteiger partial charge in [-0.3, -0.25) is 0 Å². The van der Waals surface area contributed by atoms with E-state index in [0.29, 0.717) is 0 Å². The minimum Gasteiger partial charge on any atom is -0.494 e. The van der Waals surface area contributed by atoms with Crippen LogP contribution in [0.4, 0.5) is 26.3 Å². The molecule has 0 aromatic heterocycles. The maximum absolute atomic E-state index is 12.6. The number of nitrogens with two attached hydrogens (primary N) is 1. The van der Waals surface area contributed by atoms with Crippen molar-refractivity contribution in [2.75, 3.05) is 6.61 Å². The topological polar surface area (TPSA) is 35.2 Å². The van der Waals surface area contributed by atoms with Gasteiger partial charge in [-0.1, -0.05) is 0 Å². The van der Waals surface area contributed by atoms with Crippen molar-refractivity contribution >= 4 is 0 Å². The lowest BCUT2D eigenvalue weighted by Crippen LogP contribution is -2.13. The van der Waals surface area contributed by atoms with E-state index in [9.17, 15) is 26.3 Å². The molecule has 1 aromatic rings. The van der Waals surface area contributed by atoms with Gasteiger partial charge in [0, 0.05) is 13.0 Å². The number of halogens is 6. The summed E-state index contributed by atoms with van der Waals surface area (Å²) in [6.45, 7) is -0.566. The van der Waals surface area contributed by atoms with E-state index in [1.165, 1.54) is 0 Å². The molecule has 0 fully saturated rings. The van der Waals surface area contributed by atoms with Crippen LogP contribution in [0.5, 0.6) is 5.75 Å². The van der Waals surface area contributed by atoms with Crippen LogP contribution >= 0.6 is 0 Å². The summed E-state index contributed by atoms with van der Waals surface area (Å²) in [5.41, 5.74) is 4.19. The number of hydrogen-bond donors (Lipinski definition) is 1. The standard InChI is InChI=1S/C12H13F6NO/c13-11(14,15)4-1-5-20-9-2-3-10(12(16,17)18)8(6-9)7-19/h2-3,6H,1,4-5,7,19H2. The van der Waals surface area contributed by atoms with Gasteiger partial charge in [0.1, 0.15) is 5.75 Å². The van der Waals surface area contributed by atoms with Crippen LogP contribution in [0.15, 0.2) is 18.2 Å². The molecule has 2 N–H and O–H groups in total. The summed E-state index contributed by atoms with van der Waals surface area (Å²) in [6.07, 6.45) is -10.1. The van der Waals surface area contributed by atoms with Crippen molar-refractivity contribution < 1.29 is 31.1 Å². The highest BCUT2D eigenvalue weighted by Gasteiger charge is 2.33. The van der Waals surface area contributed by atoms with E-state index in [1.807, 2.05) is 0 Å². The smallest absolute Gasteiger partial charge is 0.416 e. The molecule has 0 amide bonds. The number of ether oxygens (including phenoxy) is 1. The molecule has 0 spiro atoms. The number of hydrogen-bond acceptors (Lipinski definition) is 2. The second kappa shape index (κ2) is 6.34. The van der Waals surface area contributed by atoms with Crippen molar-refractivity contribution in [1.29, 1.82) is 0 Å². The van der Waals surface area contributed by atoms with E-state index < -0.39 is 24.3 Å². The van der Waals surface area contributed by atoms with Crippen LogP contribution in [0.3, 0.4) is 0 Å². The Morgan fingerprint density at radius 3 is 2.20 bits per heavy atom. The Morgan fingerprint density at radius 1 is 1.05 bits per heavy atom. The van der Waals surface area contributed by atoms with E-state index in [4.69, 9.17) is 10.5 Å². The molecule has 0 radical (unpaired) electrons. The van der Waals surface area contributed by atoms with Gasteiger partial charge in [0.15, 0.2) is 0 Å². The first-order chi connectivity index (χ1) is 9.13. The normalized spacial score (nSPS) is 12.6. The minimum absolute atomic E-state index is 0.0700. The fourth-order valence-corrected chi connectivity index (χ4v) is 1.57. The lowest BCUT2D eigenvalue weighted by molar-refractivity contribution is -0.138. The zero-order chi connectivity index (χ0) is 15.4. The molecule has 0 saturated heterocycles. The maximum atomic E-state index is 12.6. The first-order valence-corrected chi connectivity index (χ1v) is 5.73. The second-order valence-electron chi connectivity index (χ2n) is 4.09. The van der Waals surface area contributed by atoms with Crippen LogP contribution in [-0.4, -0.2) is 12.8 Å². The molecular weight excluding hydrogens is 288 g/mol. The number of benzene rings is 1. The van der Waals surface area contributed by atoms with E-state index in [-0.39, 0.29) is 30.9 Å². The van der Waals surface area contributed by atoms with Gasteiger partial charge in [0.25, 0.3) is 0 Å². The summed E-state index contributed by atoms with van der Waals surface area (Å²) < 4.78 is 78.4.